The molecule has 0 radical (unpaired) electrons. The lowest BCUT2D eigenvalue weighted by Gasteiger charge is -2.15. The molecule has 0 heterocycles. The van der Waals surface area contributed by atoms with Gasteiger partial charge in [-0.3, -0.25) is 14.4 Å². The van der Waals surface area contributed by atoms with E-state index in [-0.39, 0.29) is 34.9 Å². The van der Waals surface area contributed by atoms with Crippen molar-refractivity contribution in [2.45, 2.75) is 20.3 Å². The molecule has 0 N–H and O–H groups in total. The zero-order valence-corrected chi connectivity index (χ0v) is 16.8. The number of carbonyl (C=O) groups is 3. The van der Waals surface area contributed by atoms with Gasteiger partial charge in [0, 0.05) is 12.5 Å². The van der Waals surface area contributed by atoms with E-state index in [2.05, 4.69) is 0 Å². The molecule has 154 valence electrons. The van der Waals surface area contributed by atoms with Gasteiger partial charge in [-0.2, -0.15) is 0 Å². The summed E-state index contributed by atoms with van der Waals surface area (Å²) in [7, 11) is 1.30. The number of carbonyl (C=O) groups excluding carboxylic acids is 3. The number of halogens is 3. The monoisotopic (exact) mass is 424 g/mol. The zero-order chi connectivity index (χ0) is 21.7. The summed E-state index contributed by atoms with van der Waals surface area (Å²) < 4.78 is 38.7. The lowest BCUT2D eigenvalue weighted by Crippen LogP contribution is -2.32. The van der Waals surface area contributed by atoms with Gasteiger partial charge in [-0.1, -0.05) is 23.7 Å². The third-order valence-corrected chi connectivity index (χ3v) is 4.53. The summed E-state index contributed by atoms with van der Waals surface area (Å²) in [5.74, 6) is -6.19. The van der Waals surface area contributed by atoms with E-state index in [1.807, 2.05) is 0 Å². The highest BCUT2D eigenvalue weighted by Crippen LogP contribution is 2.29. The first-order valence-electron chi connectivity index (χ1n) is 8.71. The van der Waals surface area contributed by atoms with Crippen molar-refractivity contribution >= 4 is 29.1 Å². The number of methoxy groups -OCH3 is 1. The van der Waals surface area contributed by atoms with Crippen LogP contribution in [0.3, 0.4) is 0 Å². The maximum absolute atomic E-state index is 14.6. The fourth-order valence-electron chi connectivity index (χ4n) is 2.85. The van der Waals surface area contributed by atoms with Crippen LogP contribution in [0.1, 0.15) is 35.3 Å². The van der Waals surface area contributed by atoms with E-state index < -0.39 is 40.7 Å². The summed E-state index contributed by atoms with van der Waals surface area (Å²) in [6, 6.07) is 6.52. The molecule has 0 amide bonds. The Morgan fingerprint density at radius 1 is 1.14 bits per heavy atom. The predicted molar refractivity (Wildman–Crippen MR) is 102 cm³/mol. The van der Waals surface area contributed by atoms with Crippen molar-refractivity contribution in [2.75, 3.05) is 13.7 Å². The second-order valence-electron chi connectivity index (χ2n) is 6.19. The van der Waals surface area contributed by atoms with Crippen LogP contribution >= 0.6 is 11.6 Å². The van der Waals surface area contributed by atoms with E-state index in [4.69, 9.17) is 21.1 Å². The quantitative estimate of drug-likeness (QED) is 0.361. The summed E-state index contributed by atoms with van der Waals surface area (Å²) in [5, 5.41) is -0.0844. The molecule has 2 aromatic carbocycles. The van der Waals surface area contributed by atoms with Crippen LogP contribution in [0.25, 0.3) is 0 Å². The lowest BCUT2D eigenvalue weighted by molar-refractivity contribution is -0.148. The van der Waals surface area contributed by atoms with E-state index in [1.165, 1.54) is 26.2 Å². The van der Waals surface area contributed by atoms with Gasteiger partial charge in [0.2, 0.25) is 0 Å². The molecule has 0 saturated heterocycles. The van der Waals surface area contributed by atoms with Crippen molar-refractivity contribution < 1.29 is 32.6 Å². The Labute approximate surface area is 171 Å². The molecule has 5 nitrogen and oxygen atoms in total. The molecule has 0 spiro atoms. The fraction of sp³-hybridized carbons (Fsp3) is 0.286. The molecule has 0 aliphatic rings. The largest absolute Gasteiger partial charge is 0.496 e. The third kappa shape index (κ3) is 4.98. The van der Waals surface area contributed by atoms with E-state index in [0.29, 0.717) is 0 Å². The van der Waals surface area contributed by atoms with Gasteiger partial charge in [0.1, 0.15) is 17.4 Å². The van der Waals surface area contributed by atoms with Crippen LogP contribution in [0.2, 0.25) is 5.02 Å². The Morgan fingerprint density at radius 3 is 2.41 bits per heavy atom. The van der Waals surface area contributed by atoms with Gasteiger partial charge >= 0.3 is 5.97 Å². The average molecular weight is 425 g/mol. The van der Waals surface area contributed by atoms with Crippen LogP contribution in [0, 0.1) is 17.6 Å². The highest BCUT2D eigenvalue weighted by atomic mass is 35.5. The van der Waals surface area contributed by atoms with Crippen LogP contribution in [0.4, 0.5) is 8.78 Å². The standard InChI is InChI=1S/C21H19ClF2O5/c1-4-29-21(27)18(11(2)25)20(26)14-9-13(17(28-3)10-16(14)23)8-12-6-5-7-15(22)19(12)24/h5-7,9-10,18H,4,8H2,1-3H3. The Bertz CT molecular complexity index is 958. The Morgan fingerprint density at radius 2 is 1.83 bits per heavy atom. The summed E-state index contributed by atoms with van der Waals surface area (Å²) in [6.07, 6.45) is -0.0553. The summed E-state index contributed by atoms with van der Waals surface area (Å²) in [6.45, 7) is 2.52. The fourth-order valence-corrected chi connectivity index (χ4v) is 3.04. The SMILES string of the molecule is CCOC(=O)C(C(C)=O)C(=O)c1cc(Cc2cccc(Cl)c2F)c(OC)cc1F. The van der Waals surface area contributed by atoms with Crippen molar-refractivity contribution in [2.24, 2.45) is 5.92 Å². The first-order chi connectivity index (χ1) is 13.7. The van der Waals surface area contributed by atoms with Crippen molar-refractivity contribution in [1.29, 1.82) is 0 Å². The molecule has 2 aromatic rings. The molecule has 0 aliphatic heterocycles. The molecular weight excluding hydrogens is 406 g/mol. The zero-order valence-electron chi connectivity index (χ0n) is 16.1. The Balaban J connectivity index is 2.52. The minimum Gasteiger partial charge on any atom is -0.496 e. The second-order valence-corrected chi connectivity index (χ2v) is 6.60. The van der Waals surface area contributed by atoms with Gasteiger partial charge in [0.15, 0.2) is 17.5 Å². The number of benzene rings is 2. The van der Waals surface area contributed by atoms with Crippen molar-refractivity contribution in [3.63, 3.8) is 0 Å². The highest BCUT2D eigenvalue weighted by Gasteiger charge is 2.35. The number of hydrogen-bond donors (Lipinski definition) is 0. The Kier molecular flexibility index (Phi) is 7.45. The van der Waals surface area contributed by atoms with Gasteiger partial charge in [0.25, 0.3) is 0 Å². The lowest BCUT2D eigenvalue weighted by atomic mass is 9.91. The number of Topliss-reactive ketones (excluding diaryl/α,β-unsaturated/α-hetero) is 2. The molecule has 1 atom stereocenters. The smallest absolute Gasteiger partial charge is 0.324 e. The van der Waals surface area contributed by atoms with Gasteiger partial charge in [-0.25, -0.2) is 8.78 Å². The van der Waals surface area contributed by atoms with Crippen molar-refractivity contribution in [1.82, 2.24) is 0 Å². The minimum atomic E-state index is -1.78. The normalized spacial score (nSPS) is 11.7. The molecule has 2 rings (SSSR count). The average Bonchev–Trinajstić information content (AvgIpc) is 2.66. The van der Waals surface area contributed by atoms with E-state index in [1.54, 1.807) is 6.07 Å². The molecule has 1 unspecified atom stereocenters. The molecule has 0 saturated carbocycles. The number of rotatable bonds is 8. The van der Waals surface area contributed by atoms with Gasteiger partial charge in [-0.05, 0) is 37.1 Å². The third-order valence-electron chi connectivity index (χ3n) is 4.24. The molecule has 8 heteroatoms. The maximum atomic E-state index is 14.6. The van der Waals surface area contributed by atoms with Gasteiger partial charge in [0.05, 0.1) is 24.3 Å². The molecule has 0 bridgehead atoms. The highest BCUT2D eigenvalue weighted by molar-refractivity contribution is 6.30. The van der Waals surface area contributed by atoms with E-state index in [0.717, 1.165) is 19.1 Å². The first kappa shape index (κ1) is 22.5. The first-order valence-corrected chi connectivity index (χ1v) is 9.09. The summed E-state index contributed by atoms with van der Waals surface area (Å²) >= 11 is 5.79. The molecule has 0 aromatic heterocycles. The van der Waals surface area contributed by atoms with Gasteiger partial charge in [-0.15, -0.1) is 0 Å². The summed E-state index contributed by atoms with van der Waals surface area (Å²) in [5.41, 5.74) is -0.00427. The van der Waals surface area contributed by atoms with Gasteiger partial charge < -0.3 is 9.47 Å². The number of ketones is 2. The van der Waals surface area contributed by atoms with Crippen LogP contribution in [0.5, 0.6) is 5.75 Å². The van der Waals surface area contributed by atoms with Crippen LogP contribution in [-0.4, -0.2) is 31.3 Å². The topological polar surface area (TPSA) is 69.7 Å². The maximum Gasteiger partial charge on any atom is 0.324 e. The molecule has 29 heavy (non-hydrogen) atoms. The molecular formula is C21H19ClF2O5. The molecule has 0 aliphatic carbocycles. The number of hydrogen-bond acceptors (Lipinski definition) is 5. The van der Waals surface area contributed by atoms with E-state index >= 15 is 0 Å². The number of ether oxygens (including phenoxy) is 2. The van der Waals surface area contributed by atoms with Crippen molar-refractivity contribution in [3.8, 4) is 5.75 Å². The number of esters is 1. The summed E-state index contributed by atoms with van der Waals surface area (Å²) in [4.78, 5) is 36.6. The second kappa shape index (κ2) is 9.60. The van der Waals surface area contributed by atoms with Crippen LogP contribution < -0.4 is 4.74 Å². The predicted octanol–water partition coefficient (Wildman–Crippen LogP) is 4.17. The molecule has 0 fully saturated rings. The van der Waals surface area contributed by atoms with Crippen LogP contribution in [-0.2, 0) is 20.7 Å². The van der Waals surface area contributed by atoms with E-state index in [9.17, 15) is 23.2 Å². The van der Waals surface area contributed by atoms with Crippen molar-refractivity contribution in [3.05, 3.63) is 63.7 Å². The minimum absolute atomic E-state index is 0.0414. The van der Waals surface area contributed by atoms with Crippen LogP contribution in [0.15, 0.2) is 30.3 Å². The Hall–Kier alpha value is -2.80.